The average Bonchev–Trinajstić information content (AvgIpc) is 2.76. The molecular formula is C15H19BrN2OS. The summed E-state index contributed by atoms with van der Waals surface area (Å²) in [7, 11) is 0. The number of hydrogen-bond acceptors (Lipinski definition) is 3. The molecule has 20 heavy (non-hydrogen) atoms. The molecule has 5 heteroatoms. The van der Waals surface area contributed by atoms with Crippen molar-refractivity contribution in [2.24, 2.45) is 0 Å². The lowest BCUT2D eigenvalue weighted by Crippen LogP contribution is -2.37. The predicted molar refractivity (Wildman–Crippen MR) is 90.4 cm³/mol. The van der Waals surface area contributed by atoms with Crippen LogP contribution in [-0.2, 0) is 0 Å². The van der Waals surface area contributed by atoms with E-state index in [2.05, 4.69) is 29.8 Å². The van der Waals surface area contributed by atoms with Crippen LogP contribution in [0.5, 0.6) is 0 Å². The van der Waals surface area contributed by atoms with Gasteiger partial charge in [-0.1, -0.05) is 22.9 Å². The zero-order valence-corrected chi connectivity index (χ0v) is 14.3. The Bertz CT molecular complexity index is 638. The van der Waals surface area contributed by atoms with Crippen LogP contribution in [0.25, 0.3) is 10.1 Å². The number of carbonyl (C=O) groups is 1. The van der Waals surface area contributed by atoms with Gasteiger partial charge in [0.1, 0.15) is 4.88 Å². The van der Waals surface area contributed by atoms with Crippen molar-refractivity contribution in [1.82, 2.24) is 4.90 Å². The Balaban J connectivity index is 2.47. The summed E-state index contributed by atoms with van der Waals surface area (Å²) in [5.74, 6) is 0.0386. The number of fused-ring (bicyclic) bond motifs is 1. The van der Waals surface area contributed by atoms with Crippen molar-refractivity contribution < 1.29 is 4.79 Å². The Morgan fingerprint density at radius 2 is 2.15 bits per heavy atom. The number of anilines is 1. The van der Waals surface area contributed by atoms with E-state index < -0.39 is 0 Å². The molecule has 1 amide bonds. The number of rotatable bonds is 4. The molecule has 1 aromatic heterocycles. The van der Waals surface area contributed by atoms with Crippen molar-refractivity contribution in [1.29, 1.82) is 0 Å². The number of amides is 1. The Hall–Kier alpha value is -1.07. The summed E-state index contributed by atoms with van der Waals surface area (Å²) >= 11 is 4.92. The Morgan fingerprint density at radius 3 is 2.75 bits per heavy atom. The van der Waals surface area contributed by atoms with Crippen molar-refractivity contribution in [3.05, 3.63) is 27.5 Å². The highest BCUT2D eigenvalue weighted by Crippen LogP contribution is 2.36. The normalized spacial score (nSPS) is 12.6. The molecular weight excluding hydrogens is 336 g/mol. The van der Waals surface area contributed by atoms with Crippen LogP contribution in [0.3, 0.4) is 0 Å². The maximum Gasteiger partial charge on any atom is 0.266 e. The summed E-state index contributed by atoms with van der Waals surface area (Å²) in [6.45, 7) is 6.86. The minimum Gasteiger partial charge on any atom is -0.397 e. The van der Waals surface area contributed by atoms with Crippen LogP contribution in [0.2, 0.25) is 0 Å². The molecule has 1 atom stereocenters. The van der Waals surface area contributed by atoms with Gasteiger partial charge in [-0.2, -0.15) is 0 Å². The van der Waals surface area contributed by atoms with E-state index in [1.54, 1.807) is 0 Å². The molecule has 0 saturated heterocycles. The van der Waals surface area contributed by atoms with E-state index in [1.807, 2.05) is 30.0 Å². The van der Waals surface area contributed by atoms with Crippen molar-refractivity contribution in [3.8, 4) is 0 Å². The molecule has 0 fully saturated rings. The van der Waals surface area contributed by atoms with E-state index in [9.17, 15) is 4.79 Å². The molecule has 3 nitrogen and oxygen atoms in total. The van der Waals surface area contributed by atoms with Gasteiger partial charge >= 0.3 is 0 Å². The van der Waals surface area contributed by atoms with Crippen LogP contribution in [-0.4, -0.2) is 23.4 Å². The number of hydrogen-bond donors (Lipinski definition) is 1. The molecule has 0 spiro atoms. The SMILES string of the molecule is CCC(C)N(CC)C(=O)c1sc2ccc(Br)cc2c1N. The summed E-state index contributed by atoms with van der Waals surface area (Å²) in [5, 5.41) is 0.952. The zero-order valence-electron chi connectivity index (χ0n) is 11.9. The second-order valence-corrected chi connectivity index (χ2v) is 6.80. The highest BCUT2D eigenvalue weighted by atomic mass is 79.9. The molecule has 1 heterocycles. The van der Waals surface area contributed by atoms with Crippen molar-refractivity contribution in [2.75, 3.05) is 12.3 Å². The molecule has 0 bridgehead atoms. The van der Waals surface area contributed by atoms with E-state index in [0.29, 0.717) is 17.1 Å². The Labute approximate surface area is 131 Å². The molecule has 0 radical (unpaired) electrons. The fourth-order valence-electron chi connectivity index (χ4n) is 2.25. The smallest absolute Gasteiger partial charge is 0.266 e. The first kappa shape index (κ1) is 15.3. The molecule has 0 aliphatic heterocycles. The summed E-state index contributed by atoms with van der Waals surface area (Å²) < 4.78 is 2.03. The second kappa shape index (κ2) is 6.14. The minimum atomic E-state index is 0.0386. The lowest BCUT2D eigenvalue weighted by atomic mass is 10.2. The largest absolute Gasteiger partial charge is 0.397 e. The van der Waals surface area contributed by atoms with Gasteiger partial charge in [-0.25, -0.2) is 0 Å². The van der Waals surface area contributed by atoms with Gasteiger partial charge in [0.25, 0.3) is 5.91 Å². The van der Waals surface area contributed by atoms with Crippen LogP contribution < -0.4 is 5.73 Å². The number of nitrogens with zero attached hydrogens (tertiary/aromatic N) is 1. The monoisotopic (exact) mass is 354 g/mol. The predicted octanol–water partition coefficient (Wildman–Crippen LogP) is 4.51. The first-order chi connectivity index (χ1) is 9.49. The average molecular weight is 355 g/mol. The topological polar surface area (TPSA) is 46.3 Å². The minimum absolute atomic E-state index is 0.0386. The third-order valence-corrected chi connectivity index (χ3v) is 5.27. The van der Waals surface area contributed by atoms with E-state index >= 15 is 0 Å². The first-order valence-electron chi connectivity index (χ1n) is 6.78. The van der Waals surface area contributed by atoms with Gasteiger partial charge in [0.15, 0.2) is 0 Å². The number of carbonyl (C=O) groups excluding carboxylic acids is 1. The molecule has 2 N–H and O–H groups in total. The van der Waals surface area contributed by atoms with Gasteiger partial charge in [-0.3, -0.25) is 4.79 Å². The highest BCUT2D eigenvalue weighted by Gasteiger charge is 2.23. The number of nitrogens with two attached hydrogens (primary N) is 1. The van der Waals surface area contributed by atoms with E-state index in [4.69, 9.17) is 5.73 Å². The molecule has 1 aromatic carbocycles. The summed E-state index contributed by atoms with van der Waals surface area (Å²) in [5.41, 5.74) is 6.78. The number of nitrogen functional groups attached to an aromatic ring is 1. The maximum absolute atomic E-state index is 12.7. The van der Waals surface area contributed by atoms with E-state index in [1.165, 1.54) is 11.3 Å². The summed E-state index contributed by atoms with van der Waals surface area (Å²) in [6, 6.07) is 6.16. The third kappa shape index (κ3) is 2.69. The zero-order chi connectivity index (χ0) is 14.9. The van der Waals surface area contributed by atoms with Crippen LogP contribution in [0.1, 0.15) is 36.9 Å². The van der Waals surface area contributed by atoms with Crippen molar-refractivity contribution in [2.45, 2.75) is 33.2 Å². The van der Waals surface area contributed by atoms with Crippen molar-refractivity contribution >= 4 is 48.9 Å². The maximum atomic E-state index is 12.7. The number of thiophene rings is 1. The Morgan fingerprint density at radius 1 is 1.45 bits per heavy atom. The molecule has 2 aromatic rings. The fourth-order valence-corrected chi connectivity index (χ4v) is 3.67. The van der Waals surface area contributed by atoms with Gasteiger partial charge in [0, 0.05) is 27.1 Å². The van der Waals surface area contributed by atoms with Gasteiger partial charge in [-0.15, -0.1) is 11.3 Å². The molecule has 0 aliphatic carbocycles. The van der Waals surface area contributed by atoms with Crippen molar-refractivity contribution in [3.63, 3.8) is 0 Å². The lowest BCUT2D eigenvalue weighted by Gasteiger charge is -2.26. The fraction of sp³-hybridized carbons (Fsp3) is 0.400. The second-order valence-electron chi connectivity index (χ2n) is 4.83. The molecule has 108 valence electrons. The quantitative estimate of drug-likeness (QED) is 0.877. The van der Waals surface area contributed by atoms with Gasteiger partial charge in [-0.05, 0) is 38.5 Å². The first-order valence-corrected chi connectivity index (χ1v) is 8.39. The molecule has 0 saturated carbocycles. The number of benzene rings is 1. The molecule has 2 rings (SSSR count). The lowest BCUT2D eigenvalue weighted by molar-refractivity contribution is 0.0706. The summed E-state index contributed by atoms with van der Waals surface area (Å²) in [6.07, 6.45) is 0.940. The van der Waals surface area contributed by atoms with Crippen LogP contribution in [0.15, 0.2) is 22.7 Å². The highest BCUT2D eigenvalue weighted by molar-refractivity contribution is 9.10. The van der Waals surface area contributed by atoms with E-state index in [-0.39, 0.29) is 11.9 Å². The van der Waals surface area contributed by atoms with Gasteiger partial charge < -0.3 is 10.6 Å². The summed E-state index contributed by atoms with van der Waals surface area (Å²) in [4.78, 5) is 15.2. The molecule has 1 unspecified atom stereocenters. The molecule has 0 aliphatic rings. The third-order valence-electron chi connectivity index (χ3n) is 3.61. The Kier molecular flexibility index (Phi) is 4.70. The van der Waals surface area contributed by atoms with Crippen LogP contribution >= 0.6 is 27.3 Å². The van der Waals surface area contributed by atoms with E-state index in [0.717, 1.165) is 21.0 Å². The van der Waals surface area contributed by atoms with Gasteiger partial charge in [0.05, 0.1) is 5.69 Å². The van der Waals surface area contributed by atoms with Crippen LogP contribution in [0.4, 0.5) is 5.69 Å². The van der Waals surface area contributed by atoms with Crippen LogP contribution in [0, 0.1) is 0 Å². The van der Waals surface area contributed by atoms with Gasteiger partial charge in [0.2, 0.25) is 0 Å². The standard InChI is InChI=1S/C15H19BrN2OS/c1-4-9(3)18(5-2)15(19)14-13(17)11-8-10(16)6-7-12(11)20-14/h6-9H,4-5,17H2,1-3H3. The number of halogens is 1.